The van der Waals surface area contributed by atoms with Crippen molar-refractivity contribution < 1.29 is 44.8 Å². The molecule has 0 spiro atoms. The molecule has 4 nitrogen and oxygen atoms in total. The molecule has 6 heteroatoms. The van der Waals surface area contributed by atoms with Gasteiger partial charge >= 0.3 is 0 Å². The van der Waals surface area contributed by atoms with Crippen LogP contribution in [0.25, 0.3) is 44.8 Å². The fraction of sp³-hybridized carbons (Fsp3) is 0.0909. The Morgan fingerprint density at radius 3 is 1.22 bits per heavy atom. The number of hydrogen-bond acceptors (Lipinski definition) is 2. The molecule has 2 aliphatic rings. The zero-order valence-electron chi connectivity index (χ0n) is 27.4. The molecule has 0 bridgehead atoms. The Morgan fingerprint density at radius 2 is 0.860 bits per heavy atom. The first kappa shape index (κ1) is 36.4. The van der Waals surface area contributed by atoms with E-state index < -0.39 is 0 Å². The van der Waals surface area contributed by atoms with Crippen LogP contribution in [0.1, 0.15) is 33.4 Å². The number of imidazole rings is 2. The van der Waals surface area contributed by atoms with Crippen LogP contribution in [0, 0.1) is 37.3 Å². The number of benzene rings is 5. The Kier molecular flexibility index (Phi) is 11.8. The molecule has 0 saturated carbocycles. The van der Waals surface area contributed by atoms with Crippen LogP contribution >= 0.6 is 0 Å². The van der Waals surface area contributed by atoms with Crippen LogP contribution in [0.4, 0.5) is 0 Å². The van der Waals surface area contributed by atoms with E-state index in [1.54, 1.807) is 0 Å². The first-order valence-electron chi connectivity index (χ1n) is 15.7. The number of aromatic nitrogens is 4. The minimum atomic E-state index is 0. The minimum absolute atomic E-state index is 0. The molecule has 2 aromatic heterocycles. The maximum Gasteiger partial charge on any atom is 0.000793 e. The van der Waals surface area contributed by atoms with Crippen molar-refractivity contribution in [1.29, 1.82) is 0 Å². The molecule has 0 saturated heterocycles. The predicted octanol–water partition coefficient (Wildman–Crippen LogP) is 8.47. The van der Waals surface area contributed by atoms with Gasteiger partial charge in [-0.3, -0.25) is 11.8 Å². The van der Waals surface area contributed by atoms with Crippen molar-refractivity contribution in [3.63, 3.8) is 0 Å². The van der Waals surface area contributed by atoms with Gasteiger partial charge in [0.15, 0.2) is 0 Å². The van der Waals surface area contributed by atoms with E-state index in [4.69, 9.17) is 12.8 Å². The molecule has 50 heavy (non-hydrogen) atoms. The third kappa shape index (κ3) is 7.63. The molecule has 0 N–H and O–H groups in total. The largest absolute Gasteiger partial charge is 0.456 e. The second kappa shape index (κ2) is 16.2. The van der Waals surface area contributed by atoms with Crippen molar-refractivity contribution in [2.45, 2.75) is 12.8 Å². The minimum Gasteiger partial charge on any atom is -0.456 e. The van der Waals surface area contributed by atoms with Crippen molar-refractivity contribution in [2.75, 3.05) is 0 Å². The van der Waals surface area contributed by atoms with Crippen LogP contribution in [0.3, 0.4) is 0 Å². The van der Waals surface area contributed by atoms with Gasteiger partial charge in [0.2, 0.25) is 0 Å². The summed E-state index contributed by atoms with van der Waals surface area (Å²) in [5.74, 6) is 4.87. The van der Waals surface area contributed by atoms with Gasteiger partial charge in [-0.05, 0) is 60.3 Å². The molecule has 252 valence electrons. The molecular weight excluding hydrogens is 978 g/mol. The van der Waals surface area contributed by atoms with E-state index in [-0.39, 0.29) is 44.8 Å². The van der Waals surface area contributed by atoms with E-state index in [2.05, 4.69) is 107 Å². The van der Waals surface area contributed by atoms with Crippen molar-refractivity contribution in [2.24, 2.45) is 14.1 Å². The van der Waals surface area contributed by atoms with Gasteiger partial charge in [-0.15, -0.1) is 47.8 Å². The van der Waals surface area contributed by atoms with Gasteiger partial charge in [-0.25, -0.2) is 0 Å². The molecule has 0 amide bonds. The average Bonchev–Trinajstić information content (AvgIpc) is 3.93. The van der Waals surface area contributed by atoms with Crippen LogP contribution in [0.5, 0.6) is 0 Å². The summed E-state index contributed by atoms with van der Waals surface area (Å²) in [7, 11) is 3.82. The number of fused-ring (bicyclic) bond motifs is 6. The molecule has 0 fully saturated rings. The summed E-state index contributed by atoms with van der Waals surface area (Å²) >= 11 is 0. The van der Waals surface area contributed by atoms with E-state index in [1.807, 2.05) is 72.0 Å². The quantitative estimate of drug-likeness (QED) is 0.0991. The van der Waals surface area contributed by atoms with Gasteiger partial charge in [0.1, 0.15) is 0 Å². The van der Waals surface area contributed by atoms with Gasteiger partial charge < -0.3 is 31.9 Å². The number of aryl methyl sites for hydroxylation is 2. The summed E-state index contributed by atoms with van der Waals surface area (Å²) < 4.78 is 3.63. The Bertz CT molecular complexity index is 2200. The molecule has 0 unspecified atom stereocenters. The maximum absolute atomic E-state index is 7.12. The molecule has 0 aliphatic heterocycles. The van der Waals surface area contributed by atoms with E-state index in [0.717, 1.165) is 46.5 Å². The summed E-state index contributed by atoms with van der Waals surface area (Å²) in [6, 6.07) is 37.3. The maximum atomic E-state index is 7.12. The Hall–Kier alpha value is -4.88. The number of rotatable bonds is 2. The summed E-state index contributed by atoms with van der Waals surface area (Å²) in [5, 5.41) is 0. The first-order chi connectivity index (χ1) is 23.5. The first-order valence-corrected chi connectivity index (χ1v) is 15.7. The molecule has 2 heterocycles. The van der Waals surface area contributed by atoms with Crippen LogP contribution < -0.4 is 0 Å². The number of nitrogens with zero attached hydrogens (tertiary/aromatic N) is 4. The van der Waals surface area contributed by atoms with Gasteiger partial charge in [0.05, 0.1) is 0 Å². The third-order valence-electron chi connectivity index (χ3n) is 8.64. The summed E-state index contributed by atoms with van der Waals surface area (Å²) in [6.07, 6.45) is 25.9. The van der Waals surface area contributed by atoms with Crippen molar-refractivity contribution in [3.8, 4) is 56.6 Å². The van der Waals surface area contributed by atoms with Crippen molar-refractivity contribution >= 4 is 0 Å². The SMILES string of the molecule is Cn1[c-]nc(-c2ccccc2-c2cn(C)[c-]n2)c1.[Au].[Au].[C-]#Cc1ccc2c(c1)Cc1ccccc1-2.[C-]#Cc1ccc2c(c1)Cc1ccccc1-2. The summed E-state index contributed by atoms with van der Waals surface area (Å²) in [5.41, 5.74) is 16.3. The summed E-state index contributed by atoms with van der Waals surface area (Å²) in [4.78, 5) is 8.54. The zero-order chi connectivity index (χ0) is 33.0. The van der Waals surface area contributed by atoms with Gasteiger partial charge in [0, 0.05) is 57.4 Å². The smallest absolute Gasteiger partial charge is 0.000793 e. The fourth-order valence-electron chi connectivity index (χ4n) is 6.38. The van der Waals surface area contributed by atoms with Crippen LogP contribution in [-0.2, 0) is 71.7 Å². The Labute approximate surface area is 325 Å². The van der Waals surface area contributed by atoms with Crippen molar-refractivity contribution in [3.05, 3.63) is 180 Å². The average molecular weight is 1010 g/mol. The normalized spacial score (nSPS) is 10.9. The molecule has 2 radical (unpaired) electrons. The molecule has 9 rings (SSSR count). The van der Waals surface area contributed by atoms with Crippen LogP contribution in [0.2, 0.25) is 0 Å². The number of hydrogen-bond donors (Lipinski definition) is 0. The van der Waals surface area contributed by atoms with Gasteiger partial charge in [-0.1, -0.05) is 119 Å². The Morgan fingerprint density at radius 1 is 0.500 bits per heavy atom. The molecule has 5 aromatic carbocycles. The second-order valence-corrected chi connectivity index (χ2v) is 11.9. The second-order valence-electron chi connectivity index (χ2n) is 11.9. The van der Waals surface area contributed by atoms with Crippen LogP contribution in [0.15, 0.2) is 122 Å². The van der Waals surface area contributed by atoms with Crippen LogP contribution in [-0.4, -0.2) is 19.1 Å². The zero-order valence-corrected chi connectivity index (χ0v) is 31.7. The molecular formula is C44H30Au2N4-4. The predicted molar refractivity (Wildman–Crippen MR) is 190 cm³/mol. The van der Waals surface area contributed by atoms with E-state index in [0.29, 0.717) is 0 Å². The van der Waals surface area contributed by atoms with E-state index in [1.165, 1.54) is 44.5 Å². The fourth-order valence-corrected chi connectivity index (χ4v) is 6.38. The molecule has 0 atom stereocenters. The monoisotopic (exact) mass is 1010 g/mol. The molecule has 7 aromatic rings. The summed E-state index contributed by atoms with van der Waals surface area (Å²) in [6.45, 7) is 0. The van der Waals surface area contributed by atoms with Gasteiger partial charge in [0.25, 0.3) is 0 Å². The van der Waals surface area contributed by atoms with E-state index >= 15 is 0 Å². The topological polar surface area (TPSA) is 35.6 Å². The van der Waals surface area contributed by atoms with Gasteiger partial charge in [-0.2, -0.15) is 0 Å². The standard InChI is InChI=1S/2C15H9.C14H12N4.2Au/c2*1-2-11-7-8-15-13(9-11)10-12-5-3-4-6-14(12)15;1-17-7-13(15-9-17)11-5-3-4-6-12(11)14-8-18(2)10-16-14;;/h2*3-9H,10H2;3-8H,1-2H3;;/q2*-1;-2;;. The molecule has 2 aliphatic carbocycles. The van der Waals surface area contributed by atoms with E-state index in [9.17, 15) is 0 Å². The van der Waals surface area contributed by atoms with Crippen molar-refractivity contribution in [1.82, 2.24) is 19.1 Å². The third-order valence-corrected chi connectivity index (χ3v) is 8.64. The Balaban J connectivity index is 0.000000144.